The number of piperidine rings is 1. The third-order valence-corrected chi connectivity index (χ3v) is 5.68. The second kappa shape index (κ2) is 6.99. The standard InChI is InChI=1S/C17H29N3O2/c1-19-10-4-7-15(19)16(21)18-14-8-11-20(12-9-14)17(22)13-5-2-3-6-13/h13-15H,2-12H2,1H3,(H,18,21)/t15-/m0/s1. The minimum atomic E-state index is 0.0538. The van der Waals surface area contributed by atoms with E-state index in [1.54, 1.807) is 0 Å². The molecule has 2 aliphatic heterocycles. The average molecular weight is 307 g/mol. The van der Waals surface area contributed by atoms with Crippen molar-refractivity contribution >= 4 is 11.8 Å². The fourth-order valence-electron chi connectivity index (χ4n) is 4.21. The minimum absolute atomic E-state index is 0.0538. The number of likely N-dealkylation sites (tertiary alicyclic amines) is 2. The average Bonchev–Trinajstić information content (AvgIpc) is 3.18. The van der Waals surface area contributed by atoms with Gasteiger partial charge in [-0.1, -0.05) is 12.8 Å². The Balaban J connectivity index is 1.43. The van der Waals surface area contributed by atoms with Crippen molar-refractivity contribution in [2.24, 2.45) is 5.92 Å². The van der Waals surface area contributed by atoms with Crippen LogP contribution in [0.2, 0.25) is 0 Å². The summed E-state index contributed by atoms with van der Waals surface area (Å²) in [5, 5.41) is 3.20. The van der Waals surface area contributed by atoms with Crippen molar-refractivity contribution in [3.8, 4) is 0 Å². The molecule has 0 bridgehead atoms. The third kappa shape index (κ3) is 3.45. The van der Waals surface area contributed by atoms with Crippen LogP contribution in [0.4, 0.5) is 0 Å². The summed E-state index contributed by atoms with van der Waals surface area (Å²) in [6.07, 6.45) is 8.45. The number of amides is 2. The predicted octanol–water partition coefficient (Wildman–Crippen LogP) is 1.38. The molecule has 1 aliphatic carbocycles. The van der Waals surface area contributed by atoms with E-state index in [-0.39, 0.29) is 23.9 Å². The molecule has 0 spiro atoms. The largest absolute Gasteiger partial charge is 0.352 e. The van der Waals surface area contributed by atoms with Gasteiger partial charge in [-0.05, 0) is 52.1 Å². The molecule has 5 heteroatoms. The van der Waals surface area contributed by atoms with Crippen molar-refractivity contribution < 1.29 is 9.59 Å². The Hall–Kier alpha value is -1.10. The van der Waals surface area contributed by atoms with E-state index in [1.165, 1.54) is 12.8 Å². The second-order valence-electron chi connectivity index (χ2n) is 7.23. The molecule has 2 amide bonds. The van der Waals surface area contributed by atoms with Gasteiger partial charge in [-0.15, -0.1) is 0 Å². The third-order valence-electron chi connectivity index (χ3n) is 5.68. The van der Waals surface area contributed by atoms with E-state index in [1.807, 2.05) is 11.9 Å². The highest BCUT2D eigenvalue weighted by atomic mass is 16.2. The van der Waals surface area contributed by atoms with Gasteiger partial charge in [0.15, 0.2) is 0 Å². The summed E-state index contributed by atoms with van der Waals surface area (Å²) in [5.41, 5.74) is 0. The Morgan fingerprint density at radius 2 is 1.59 bits per heavy atom. The lowest BCUT2D eigenvalue weighted by molar-refractivity contribution is -0.136. The molecule has 22 heavy (non-hydrogen) atoms. The van der Waals surface area contributed by atoms with Crippen molar-refractivity contribution in [1.82, 2.24) is 15.1 Å². The fourth-order valence-corrected chi connectivity index (χ4v) is 4.21. The molecule has 0 aromatic carbocycles. The molecular formula is C17H29N3O2. The highest BCUT2D eigenvalue weighted by Gasteiger charge is 2.32. The van der Waals surface area contributed by atoms with Crippen LogP contribution in [0.3, 0.4) is 0 Å². The van der Waals surface area contributed by atoms with Gasteiger partial charge in [0.2, 0.25) is 11.8 Å². The summed E-state index contributed by atoms with van der Waals surface area (Å²) in [5.74, 6) is 0.816. The molecule has 0 radical (unpaired) electrons. The maximum atomic E-state index is 12.4. The Bertz CT molecular complexity index is 412. The van der Waals surface area contributed by atoms with E-state index in [9.17, 15) is 9.59 Å². The maximum Gasteiger partial charge on any atom is 0.237 e. The number of carbonyl (C=O) groups is 2. The van der Waals surface area contributed by atoms with Gasteiger partial charge < -0.3 is 10.2 Å². The van der Waals surface area contributed by atoms with Crippen LogP contribution in [0, 0.1) is 5.92 Å². The molecule has 0 aromatic rings. The van der Waals surface area contributed by atoms with Crippen LogP contribution >= 0.6 is 0 Å². The Kier molecular flexibility index (Phi) is 5.01. The molecule has 124 valence electrons. The van der Waals surface area contributed by atoms with Crippen LogP contribution in [0.1, 0.15) is 51.4 Å². The molecule has 5 nitrogen and oxygen atoms in total. The monoisotopic (exact) mass is 307 g/mol. The molecule has 3 aliphatic rings. The first-order valence-electron chi connectivity index (χ1n) is 8.94. The number of hydrogen-bond donors (Lipinski definition) is 1. The lowest BCUT2D eigenvalue weighted by atomic mass is 10.0. The molecule has 1 saturated carbocycles. The summed E-state index contributed by atoms with van der Waals surface area (Å²) >= 11 is 0. The van der Waals surface area contributed by atoms with Crippen LogP contribution in [-0.2, 0) is 9.59 Å². The minimum Gasteiger partial charge on any atom is -0.352 e. The summed E-state index contributed by atoms with van der Waals surface area (Å²) in [4.78, 5) is 28.9. The Labute approximate surface area is 133 Å². The predicted molar refractivity (Wildman–Crippen MR) is 85.4 cm³/mol. The van der Waals surface area contributed by atoms with E-state index >= 15 is 0 Å². The lowest BCUT2D eigenvalue weighted by Gasteiger charge is -2.34. The van der Waals surface area contributed by atoms with Crippen molar-refractivity contribution in [2.75, 3.05) is 26.7 Å². The number of carbonyl (C=O) groups excluding carboxylic acids is 2. The molecule has 2 saturated heterocycles. The van der Waals surface area contributed by atoms with Crippen LogP contribution in [0.15, 0.2) is 0 Å². The normalized spacial score (nSPS) is 28.2. The van der Waals surface area contributed by atoms with Crippen LogP contribution < -0.4 is 5.32 Å². The summed E-state index contributed by atoms with van der Waals surface area (Å²) in [6.45, 7) is 2.63. The van der Waals surface area contributed by atoms with Gasteiger partial charge in [-0.2, -0.15) is 0 Å². The zero-order valence-electron chi connectivity index (χ0n) is 13.7. The van der Waals surface area contributed by atoms with Gasteiger partial charge in [0.05, 0.1) is 6.04 Å². The van der Waals surface area contributed by atoms with Crippen molar-refractivity contribution in [1.29, 1.82) is 0 Å². The first-order valence-corrected chi connectivity index (χ1v) is 8.94. The van der Waals surface area contributed by atoms with E-state index < -0.39 is 0 Å². The molecule has 1 atom stereocenters. The molecule has 2 heterocycles. The van der Waals surface area contributed by atoms with Gasteiger partial charge in [0.25, 0.3) is 0 Å². The number of likely N-dealkylation sites (N-methyl/N-ethyl adjacent to an activating group) is 1. The van der Waals surface area contributed by atoms with Gasteiger partial charge in [-0.3, -0.25) is 14.5 Å². The van der Waals surface area contributed by atoms with Crippen molar-refractivity contribution in [3.63, 3.8) is 0 Å². The summed E-state index contributed by atoms with van der Waals surface area (Å²) in [7, 11) is 2.03. The maximum absolute atomic E-state index is 12.4. The molecular weight excluding hydrogens is 278 g/mol. The number of hydrogen-bond acceptors (Lipinski definition) is 3. The van der Waals surface area contributed by atoms with Crippen molar-refractivity contribution in [2.45, 2.75) is 63.5 Å². The summed E-state index contributed by atoms with van der Waals surface area (Å²) in [6, 6.07) is 0.298. The lowest BCUT2D eigenvalue weighted by Crippen LogP contribution is -2.51. The van der Waals surface area contributed by atoms with Gasteiger partial charge in [0.1, 0.15) is 0 Å². The number of nitrogens with one attached hydrogen (secondary N) is 1. The van der Waals surface area contributed by atoms with Crippen LogP contribution in [-0.4, -0.2) is 60.4 Å². The highest BCUT2D eigenvalue weighted by Crippen LogP contribution is 2.27. The molecule has 0 aromatic heterocycles. The molecule has 0 unspecified atom stereocenters. The first-order chi connectivity index (χ1) is 10.6. The number of rotatable bonds is 3. The Morgan fingerprint density at radius 1 is 0.909 bits per heavy atom. The van der Waals surface area contributed by atoms with E-state index in [0.29, 0.717) is 5.91 Å². The van der Waals surface area contributed by atoms with Crippen LogP contribution in [0.25, 0.3) is 0 Å². The zero-order chi connectivity index (χ0) is 15.5. The molecule has 3 rings (SSSR count). The van der Waals surface area contributed by atoms with Gasteiger partial charge in [0, 0.05) is 25.0 Å². The molecule has 1 N–H and O–H groups in total. The zero-order valence-corrected chi connectivity index (χ0v) is 13.7. The fraction of sp³-hybridized carbons (Fsp3) is 0.882. The Morgan fingerprint density at radius 3 is 2.18 bits per heavy atom. The SMILES string of the molecule is CN1CCC[C@H]1C(=O)NC1CCN(C(=O)C2CCCC2)CC1. The topological polar surface area (TPSA) is 52.7 Å². The smallest absolute Gasteiger partial charge is 0.237 e. The first kappa shape index (κ1) is 15.8. The van der Waals surface area contributed by atoms with E-state index in [2.05, 4.69) is 10.2 Å². The quantitative estimate of drug-likeness (QED) is 0.857. The van der Waals surface area contributed by atoms with Gasteiger partial charge in [-0.25, -0.2) is 0 Å². The number of nitrogens with zero attached hydrogens (tertiary/aromatic N) is 2. The van der Waals surface area contributed by atoms with E-state index in [0.717, 1.165) is 58.2 Å². The second-order valence-corrected chi connectivity index (χ2v) is 7.23. The van der Waals surface area contributed by atoms with Crippen molar-refractivity contribution in [3.05, 3.63) is 0 Å². The highest BCUT2D eigenvalue weighted by molar-refractivity contribution is 5.82. The summed E-state index contributed by atoms with van der Waals surface area (Å²) < 4.78 is 0. The molecule has 3 fully saturated rings. The van der Waals surface area contributed by atoms with E-state index in [4.69, 9.17) is 0 Å². The van der Waals surface area contributed by atoms with Gasteiger partial charge >= 0.3 is 0 Å². The van der Waals surface area contributed by atoms with Crippen LogP contribution in [0.5, 0.6) is 0 Å².